The van der Waals surface area contributed by atoms with Gasteiger partial charge in [0.2, 0.25) is 0 Å². The van der Waals surface area contributed by atoms with Crippen LogP contribution in [-0.2, 0) is 6.18 Å². The van der Waals surface area contributed by atoms with Gasteiger partial charge in [-0.2, -0.15) is 18.3 Å². The fraction of sp³-hybridized carbons (Fsp3) is 0.300. The Bertz CT molecular complexity index is 977. The zero-order valence-electron chi connectivity index (χ0n) is 15.9. The van der Waals surface area contributed by atoms with Gasteiger partial charge in [0.05, 0.1) is 16.1 Å². The Morgan fingerprint density at radius 3 is 2.53 bits per heavy atom. The van der Waals surface area contributed by atoms with E-state index in [1.165, 1.54) is 12.1 Å². The number of aromatic nitrogens is 2. The molecule has 1 aromatic carbocycles. The van der Waals surface area contributed by atoms with Crippen molar-refractivity contribution < 1.29 is 18.0 Å². The lowest BCUT2D eigenvalue weighted by molar-refractivity contribution is -0.137. The number of halogens is 3. The molecule has 0 aliphatic carbocycles. The van der Waals surface area contributed by atoms with Crippen molar-refractivity contribution in [2.24, 2.45) is 0 Å². The van der Waals surface area contributed by atoms with Gasteiger partial charge in [0.1, 0.15) is 0 Å². The number of nitrogens with one attached hydrogen (secondary N) is 3. The first-order chi connectivity index (χ1) is 14.4. The van der Waals surface area contributed by atoms with E-state index in [4.69, 9.17) is 0 Å². The molecule has 2 aromatic heterocycles. The molecule has 30 heavy (non-hydrogen) atoms. The van der Waals surface area contributed by atoms with E-state index in [1.807, 2.05) is 23.6 Å². The van der Waals surface area contributed by atoms with Gasteiger partial charge in [0.25, 0.3) is 0 Å². The zero-order chi connectivity index (χ0) is 21.1. The van der Waals surface area contributed by atoms with E-state index in [1.54, 1.807) is 11.3 Å². The van der Waals surface area contributed by atoms with Gasteiger partial charge in [-0.3, -0.25) is 5.10 Å². The summed E-state index contributed by atoms with van der Waals surface area (Å²) in [6, 6.07) is 10.0. The summed E-state index contributed by atoms with van der Waals surface area (Å²) in [5, 5.41) is 14.9. The summed E-state index contributed by atoms with van der Waals surface area (Å²) in [5.74, 6) is 0.881. The molecule has 3 aromatic rings. The second-order valence-corrected chi connectivity index (χ2v) is 8.00. The van der Waals surface area contributed by atoms with Gasteiger partial charge in [0.15, 0.2) is 5.82 Å². The van der Waals surface area contributed by atoms with Crippen molar-refractivity contribution in [3.05, 3.63) is 53.4 Å². The van der Waals surface area contributed by atoms with Gasteiger partial charge in [-0.05, 0) is 48.6 Å². The maximum absolute atomic E-state index is 12.6. The normalized spacial score (nSPS) is 15.2. The fourth-order valence-electron chi connectivity index (χ4n) is 3.38. The number of amides is 2. The summed E-state index contributed by atoms with van der Waals surface area (Å²) in [6.45, 7) is 1.50. The minimum Gasteiger partial charge on any atom is -0.355 e. The van der Waals surface area contributed by atoms with Gasteiger partial charge < -0.3 is 15.5 Å². The second-order valence-electron chi connectivity index (χ2n) is 7.05. The van der Waals surface area contributed by atoms with Crippen molar-refractivity contribution in [1.29, 1.82) is 0 Å². The van der Waals surface area contributed by atoms with E-state index in [2.05, 4.69) is 25.7 Å². The molecular formula is C20H20F3N5OS. The first kappa shape index (κ1) is 20.3. The molecule has 3 N–H and O–H groups in total. The predicted octanol–water partition coefficient (Wildman–Crippen LogP) is 4.95. The molecular weight excluding hydrogens is 415 g/mol. The van der Waals surface area contributed by atoms with Crippen LogP contribution < -0.4 is 15.5 Å². The van der Waals surface area contributed by atoms with Crippen LogP contribution in [0.15, 0.2) is 47.8 Å². The molecule has 6 nitrogen and oxygen atoms in total. The smallest absolute Gasteiger partial charge is 0.355 e. The molecule has 1 aliphatic rings. The Morgan fingerprint density at radius 2 is 1.90 bits per heavy atom. The Balaban J connectivity index is 1.26. The summed E-state index contributed by atoms with van der Waals surface area (Å²) in [5.41, 5.74) is 0.549. The molecule has 0 spiro atoms. The molecule has 0 atom stereocenters. The van der Waals surface area contributed by atoms with Crippen molar-refractivity contribution in [3.63, 3.8) is 0 Å². The van der Waals surface area contributed by atoms with Gasteiger partial charge in [-0.1, -0.05) is 6.07 Å². The molecule has 1 saturated heterocycles. The number of alkyl halides is 3. The number of thiophene rings is 1. The number of hydrogen-bond donors (Lipinski definition) is 3. The third-order valence-electron chi connectivity index (χ3n) is 4.98. The molecule has 158 valence electrons. The van der Waals surface area contributed by atoms with Crippen molar-refractivity contribution in [3.8, 4) is 10.6 Å². The van der Waals surface area contributed by atoms with Crippen LogP contribution in [0.2, 0.25) is 0 Å². The van der Waals surface area contributed by atoms with Crippen LogP contribution in [0.5, 0.6) is 0 Å². The van der Waals surface area contributed by atoms with E-state index in [9.17, 15) is 18.0 Å². The number of hydrogen-bond acceptors (Lipinski definition) is 4. The summed E-state index contributed by atoms with van der Waals surface area (Å²) in [4.78, 5) is 15.5. The first-order valence-corrected chi connectivity index (χ1v) is 10.4. The Morgan fingerprint density at radius 1 is 1.17 bits per heavy atom. The lowest BCUT2D eigenvalue weighted by Crippen LogP contribution is -2.46. The van der Waals surface area contributed by atoms with Crippen LogP contribution in [0.25, 0.3) is 10.6 Å². The highest BCUT2D eigenvalue weighted by atomic mass is 32.1. The van der Waals surface area contributed by atoms with Crippen LogP contribution in [0.4, 0.5) is 29.5 Å². The largest absolute Gasteiger partial charge is 0.416 e. The molecule has 0 unspecified atom stereocenters. The van der Waals surface area contributed by atoms with Gasteiger partial charge in [-0.25, -0.2) is 4.79 Å². The number of piperidine rings is 1. The number of carbonyl (C=O) groups is 1. The van der Waals surface area contributed by atoms with Crippen molar-refractivity contribution in [1.82, 2.24) is 15.5 Å². The molecule has 0 saturated carbocycles. The maximum atomic E-state index is 12.6. The summed E-state index contributed by atoms with van der Waals surface area (Å²) >= 11 is 1.65. The van der Waals surface area contributed by atoms with E-state index in [0.717, 1.165) is 54.5 Å². The third-order valence-corrected chi connectivity index (χ3v) is 5.88. The molecule has 10 heteroatoms. The first-order valence-electron chi connectivity index (χ1n) is 9.47. The van der Waals surface area contributed by atoms with Gasteiger partial charge >= 0.3 is 12.2 Å². The molecule has 4 rings (SSSR count). The van der Waals surface area contributed by atoms with Crippen LogP contribution in [-0.4, -0.2) is 35.4 Å². The number of anilines is 2. The highest BCUT2D eigenvalue weighted by Crippen LogP contribution is 2.30. The number of urea groups is 1. The van der Waals surface area contributed by atoms with Crippen LogP contribution in [0.3, 0.4) is 0 Å². The lowest BCUT2D eigenvalue weighted by Gasteiger charge is -2.32. The van der Waals surface area contributed by atoms with E-state index >= 15 is 0 Å². The van der Waals surface area contributed by atoms with Crippen LogP contribution in [0, 0.1) is 0 Å². The van der Waals surface area contributed by atoms with Gasteiger partial charge in [-0.15, -0.1) is 11.3 Å². The highest BCUT2D eigenvalue weighted by Gasteiger charge is 2.30. The van der Waals surface area contributed by atoms with E-state index in [0.29, 0.717) is 5.69 Å². The molecule has 1 fully saturated rings. The summed E-state index contributed by atoms with van der Waals surface area (Å²) < 4.78 is 37.8. The number of nitrogens with zero attached hydrogens (tertiary/aromatic N) is 2. The van der Waals surface area contributed by atoms with E-state index < -0.39 is 17.8 Å². The van der Waals surface area contributed by atoms with Gasteiger partial charge in [0, 0.05) is 30.9 Å². The van der Waals surface area contributed by atoms with E-state index in [-0.39, 0.29) is 6.04 Å². The SMILES string of the molecule is O=C(Nc1ccc(C(F)(F)F)cc1)NC1CCN(c2cc(-c3cccs3)[nH]n2)CC1. The average molecular weight is 435 g/mol. The molecule has 1 aliphatic heterocycles. The lowest BCUT2D eigenvalue weighted by atomic mass is 10.1. The van der Waals surface area contributed by atoms with Crippen LogP contribution in [0.1, 0.15) is 18.4 Å². The highest BCUT2D eigenvalue weighted by molar-refractivity contribution is 7.13. The predicted molar refractivity (Wildman–Crippen MR) is 111 cm³/mol. The Labute approximate surface area is 175 Å². The quantitative estimate of drug-likeness (QED) is 0.543. The summed E-state index contributed by atoms with van der Waals surface area (Å²) in [7, 11) is 0. The minimum atomic E-state index is -4.40. The molecule has 0 radical (unpaired) electrons. The number of aromatic amines is 1. The number of H-pyrrole nitrogens is 1. The average Bonchev–Trinajstić information content (AvgIpc) is 3.40. The van der Waals surface area contributed by atoms with Crippen molar-refractivity contribution in [2.45, 2.75) is 25.1 Å². The number of benzene rings is 1. The topological polar surface area (TPSA) is 73.1 Å². The molecule has 0 bridgehead atoms. The monoisotopic (exact) mass is 435 g/mol. The Kier molecular flexibility index (Phi) is 5.67. The minimum absolute atomic E-state index is 0.00796. The number of carbonyl (C=O) groups excluding carboxylic acids is 1. The molecule has 2 amide bonds. The second kappa shape index (κ2) is 8.39. The third kappa shape index (κ3) is 4.76. The number of rotatable bonds is 4. The maximum Gasteiger partial charge on any atom is 0.416 e. The van der Waals surface area contributed by atoms with Crippen molar-refractivity contribution in [2.75, 3.05) is 23.3 Å². The van der Waals surface area contributed by atoms with Crippen molar-refractivity contribution >= 4 is 28.9 Å². The standard InChI is InChI=1S/C20H20F3N5OS/c21-20(22,23)13-3-5-14(6-4-13)24-19(29)25-15-7-9-28(10-8-15)18-12-16(26-27-18)17-2-1-11-30-17/h1-6,11-12,15H,7-10H2,(H,26,27)(H2,24,25,29). The fourth-order valence-corrected chi connectivity index (χ4v) is 4.07. The summed E-state index contributed by atoms with van der Waals surface area (Å²) in [6.07, 6.45) is -2.89. The Hall–Kier alpha value is -3.01. The van der Waals surface area contributed by atoms with Crippen LogP contribution >= 0.6 is 11.3 Å². The molecule has 3 heterocycles. The zero-order valence-corrected chi connectivity index (χ0v) is 16.7.